The summed E-state index contributed by atoms with van der Waals surface area (Å²) >= 11 is 4.02. The number of carboxylic acids is 1. The van der Waals surface area contributed by atoms with E-state index in [1.807, 2.05) is 0 Å². The van der Waals surface area contributed by atoms with Crippen LogP contribution in [0.2, 0.25) is 0 Å². The van der Waals surface area contributed by atoms with E-state index in [1.165, 1.54) is 0 Å². The highest BCUT2D eigenvalue weighted by molar-refractivity contribution is 7.80. The van der Waals surface area contributed by atoms with E-state index in [2.05, 4.69) is 28.3 Å². The number of carbonyl (C=O) groups is 3. The second kappa shape index (κ2) is 11.5. The van der Waals surface area contributed by atoms with Gasteiger partial charge in [-0.2, -0.15) is 12.6 Å². The van der Waals surface area contributed by atoms with Crippen molar-refractivity contribution in [3.8, 4) is 0 Å². The second-order valence-electron chi connectivity index (χ2n) is 5.86. The lowest BCUT2D eigenvalue weighted by atomic mass is 10.0. The maximum absolute atomic E-state index is 12.2. The van der Waals surface area contributed by atoms with Gasteiger partial charge in [0.2, 0.25) is 11.8 Å². The normalized spacial score (nSPS) is 14.3. The van der Waals surface area contributed by atoms with Gasteiger partial charge in [0.1, 0.15) is 12.1 Å². The van der Waals surface area contributed by atoms with Crippen molar-refractivity contribution in [3.63, 3.8) is 0 Å². The van der Waals surface area contributed by atoms with Gasteiger partial charge in [-0.05, 0) is 18.8 Å². The summed E-state index contributed by atoms with van der Waals surface area (Å²) in [5.74, 6) is -2.53. The van der Waals surface area contributed by atoms with Crippen LogP contribution in [0.1, 0.15) is 26.7 Å². The molecule has 144 valence electrons. The summed E-state index contributed by atoms with van der Waals surface area (Å²) in [6.07, 6.45) is 0.502. The summed E-state index contributed by atoms with van der Waals surface area (Å²) < 4.78 is 0. The second-order valence-corrected chi connectivity index (χ2v) is 6.23. The molecule has 0 bridgehead atoms. The van der Waals surface area contributed by atoms with Gasteiger partial charge < -0.3 is 32.9 Å². The number of rotatable bonds is 11. The minimum absolute atomic E-state index is 0.00271. The summed E-state index contributed by atoms with van der Waals surface area (Å²) in [6.45, 7) is 3.80. The number of aliphatic carboxylic acids is 1. The van der Waals surface area contributed by atoms with Crippen LogP contribution in [0.15, 0.2) is 4.99 Å². The standard InChI is InChI=1S/C14H28N6O4S/c1-7(2)10(15)12(22)20-9(6-25)11(21)19-8(13(23)24)4-3-5-18-14(16)17/h7-10,25H,3-6,15H2,1-2H3,(H,19,21)(H,20,22)(H,23,24)(H4,16,17,18). The fourth-order valence-corrected chi connectivity index (χ4v) is 2.06. The predicted octanol–water partition coefficient (Wildman–Crippen LogP) is -1.99. The van der Waals surface area contributed by atoms with E-state index in [4.69, 9.17) is 17.2 Å². The number of carboxylic acid groups (broad SMARTS) is 1. The molecule has 0 heterocycles. The predicted molar refractivity (Wildman–Crippen MR) is 98.1 cm³/mol. The summed E-state index contributed by atoms with van der Waals surface area (Å²) in [5, 5.41) is 14.1. The Morgan fingerprint density at radius 1 is 1.12 bits per heavy atom. The number of amides is 2. The van der Waals surface area contributed by atoms with Crippen molar-refractivity contribution in [1.29, 1.82) is 0 Å². The van der Waals surface area contributed by atoms with Crippen LogP contribution in [0, 0.1) is 5.92 Å². The summed E-state index contributed by atoms with van der Waals surface area (Å²) in [6, 6.07) is -2.88. The Labute approximate surface area is 152 Å². The molecule has 9 N–H and O–H groups in total. The van der Waals surface area contributed by atoms with E-state index in [1.54, 1.807) is 13.8 Å². The van der Waals surface area contributed by atoms with Crippen molar-refractivity contribution < 1.29 is 19.5 Å². The van der Waals surface area contributed by atoms with Crippen molar-refractivity contribution in [2.24, 2.45) is 28.1 Å². The van der Waals surface area contributed by atoms with Crippen LogP contribution < -0.4 is 27.8 Å². The molecule has 11 heteroatoms. The molecule has 0 radical (unpaired) electrons. The van der Waals surface area contributed by atoms with Crippen molar-refractivity contribution in [2.75, 3.05) is 12.3 Å². The number of guanidine groups is 1. The number of hydrogen-bond acceptors (Lipinski definition) is 6. The molecule has 0 saturated carbocycles. The summed E-state index contributed by atoms with van der Waals surface area (Å²) in [7, 11) is 0. The number of aliphatic imine (C=N–C) groups is 1. The van der Waals surface area contributed by atoms with Gasteiger partial charge in [-0.1, -0.05) is 13.8 Å². The third kappa shape index (κ3) is 9.15. The molecule has 0 aliphatic heterocycles. The monoisotopic (exact) mass is 376 g/mol. The smallest absolute Gasteiger partial charge is 0.326 e. The van der Waals surface area contributed by atoms with Crippen LogP contribution in [0.4, 0.5) is 0 Å². The minimum atomic E-state index is -1.19. The number of nitrogens with two attached hydrogens (primary N) is 3. The van der Waals surface area contributed by atoms with Gasteiger partial charge in [0.25, 0.3) is 0 Å². The first-order chi connectivity index (χ1) is 11.6. The third-order valence-electron chi connectivity index (χ3n) is 3.40. The van der Waals surface area contributed by atoms with Crippen LogP contribution in [0.25, 0.3) is 0 Å². The Kier molecular flexibility index (Phi) is 10.6. The average molecular weight is 376 g/mol. The Balaban J connectivity index is 4.71. The molecule has 0 aromatic carbocycles. The molecular weight excluding hydrogens is 348 g/mol. The molecule has 0 saturated heterocycles. The molecule has 3 unspecified atom stereocenters. The SMILES string of the molecule is CC(C)C(N)C(=O)NC(CS)C(=O)NC(CCCN=C(N)N)C(=O)O. The fourth-order valence-electron chi connectivity index (χ4n) is 1.80. The Hall–Kier alpha value is -2.01. The maximum Gasteiger partial charge on any atom is 0.326 e. The quantitative estimate of drug-likeness (QED) is 0.0940. The molecule has 0 fully saturated rings. The average Bonchev–Trinajstić information content (AvgIpc) is 2.53. The van der Waals surface area contributed by atoms with E-state index < -0.39 is 35.9 Å². The van der Waals surface area contributed by atoms with E-state index in [0.29, 0.717) is 6.42 Å². The van der Waals surface area contributed by atoms with Crippen LogP contribution in [0.3, 0.4) is 0 Å². The highest BCUT2D eigenvalue weighted by atomic mass is 32.1. The van der Waals surface area contributed by atoms with E-state index >= 15 is 0 Å². The highest BCUT2D eigenvalue weighted by Crippen LogP contribution is 2.02. The molecule has 0 aromatic heterocycles. The van der Waals surface area contributed by atoms with Gasteiger partial charge in [-0.25, -0.2) is 4.79 Å². The van der Waals surface area contributed by atoms with E-state index in [9.17, 15) is 19.5 Å². The van der Waals surface area contributed by atoms with Gasteiger partial charge >= 0.3 is 5.97 Å². The van der Waals surface area contributed by atoms with Crippen LogP contribution in [-0.4, -0.2) is 59.3 Å². The van der Waals surface area contributed by atoms with Crippen LogP contribution >= 0.6 is 12.6 Å². The van der Waals surface area contributed by atoms with Gasteiger partial charge in [0.05, 0.1) is 6.04 Å². The number of nitrogens with zero attached hydrogens (tertiary/aromatic N) is 1. The number of nitrogens with one attached hydrogen (secondary N) is 2. The lowest BCUT2D eigenvalue weighted by Crippen LogP contribution is -2.56. The molecule has 25 heavy (non-hydrogen) atoms. The van der Waals surface area contributed by atoms with Crippen LogP contribution in [-0.2, 0) is 14.4 Å². The maximum atomic E-state index is 12.2. The Morgan fingerprint density at radius 2 is 1.68 bits per heavy atom. The number of thiol groups is 1. The molecular formula is C14H28N6O4S. The molecule has 0 aromatic rings. The van der Waals surface area contributed by atoms with Crippen molar-refractivity contribution in [2.45, 2.75) is 44.8 Å². The first-order valence-corrected chi connectivity index (χ1v) is 8.48. The Morgan fingerprint density at radius 3 is 2.12 bits per heavy atom. The van der Waals surface area contributed by atoms with Gasteiger partial charge in [0, 0.05) is 12.3 Å². The summed E-state index contributed by atoms with van der Waals surface area (Å²) in [4.78, 5) is 39.2. The minimum Gasteiger partial charge on any atom is -0.480 e. The van der Waals surface area contributed by atoms with Gasteiger partial charge in [-0.15, -0.1) is 0 Å². The van der Waals surface area contributed by atoms with Crippen molar-refractivity contribution >= 4 is 36.4 Å². The van der Waals surface area contributed by atoms with E-state index in [-0.39, 0.29) is 30.6 Å². The zero-order valence-corrected chi connectivity index (χ0v) is 15.3. The molecule has 2 amide bonds. The lowest BCUT2D eigenvalue weighted by molar-refractivity contribution is -0.142. The third-order valence-corrected chi connectivity index (χ3v) is 3.76. The molecule has 0 aliphatic rings. The van der Waals surface area contributed by atoms with E-state index in [0.717, 1.165) is 0 Å². The fraction of sp³-hybridized carbons (Fsp3) is 0.714. The first-order valence-electron chi connectivity index (χ1n) is 7.85. The molecule has 0 spiro atoms. The van der Waals surface area contributed by atoms with Crippen molar-refractivity contribution in [3.05, 3.63) is 0 Å². The zero-order valence-electron chi connectivity index (χ0n) is 14.4. The van der Waals surface area contributed by atoms with Gasteiger partial charge in [0.15, 0.2) is 5.96 Å². The topological polar surface area (TPSA) is 186 Å². The lowest BCUT2D eigenvalue weighted by Gasteiger charge is -2.22. The van der Waals surface area contributed by atoms with Crippen molar-refractivity contribution in [1.82, 2.24) is 10.6 Å². The molecule has 0 rings (SSSR count). The zero-order chi connectivity index (χ0) is 19.6. The highest BCUT2D eigenvalue weighted by Gasteiger charge is 2.27. The number of carbonyl (C=O) groups excluding carboxylic acids is 2. The molecule has 10 nitrogen and oxygen atoms in total. The Bertz CT molecular complexity index is 496. The summed E-state index contributed by atoms with van der Waals surface area (Å²) in [5.41, 5.74) is 16.1. The first kappa shape index (κ1) is 23.0. The number of hydrogen-bond donors (Lipinski definition) is 7. The van der Waals surface area contributed by atoms with Crippen LogP contribution in [0.5, 0.6) is 0 Å². The molecule has 3 atom stereocenters. The molecule has 0 aliphatic carbocycles. The van der Waals surface area contributed by atoms with Gasteiger partial charge in [-0.3, -0.25) is 14.6 Å². The largest absolute Gasteiger partial charge is 0.480 e.